The second-order valence-electron chi connectivity index (χ2n) is 5.13. The van der Waals surface area contributed by atoms with Gasteiger partial charge < -0.3 is 15.8 Å². The van der Waals surface area contributed by atoms with Gasteiger partial charge in [0.05, 0.1) is 11.1 Å². The van der Waals surface area contributed by atoms with E-state index in [0.717, 1.165) is 10.2 Å². The van der Waals surface area contributed by atoms with Crippen LogP contribution >= 0.6 is 28.3 Å². The van der Waals surface area contributed by atoms with Crippen LogP contribution in [0.1, 0.15) is 25.7 Å². The van der Waals surface area contributed by atoms with Crippen molar-refractivity contribution in [2.45, 2.75) is 31.7 Å². The first-order chi connectivity index (χ1) is 9.70. The second kappa shape index (κ2) is 9.28. The number of nitrogens with two attached hydrogens (primary N) is 1. The lowest BCUT2D eigenvalue weighted by molar-refractivity contribution is -0.122. The summed E-state index contributed by atoms with van der Waals surface area (Å²) in [4.78, 5) is 11.8. The molecule has 1 saturated carbocycles. The molecule has 0 radical (unpaired) electrons. The lowest BCUT2D eigenvalue weighted by Crippen LogP contribution is -2.41. The van der Waals surface area contributed by atoms with Gasteiger partial charge in [-0.25, -0.2) is 0 Å². The molecular weight excluding hydrogens is 356 g/mol. The summed E-state index contributed by atoms with van der Waals surface area (Å²) in [5, 5.41) is 3.01. The maximum Gasteiger partial charge on any atom is 0.220 e. The highest BCUT2D eigenvalue weighted by atomic mass is 79.9. The van der Waals surface area contributed by atoms with E-state index in [-0.39, 0.29) is 24.4 Å². The number of hydrogen-bond acceptors (Lipinski definition) is 3. The molecular formula is C15H22BrClN2O2. The molecule has 6 heteroatoms. The molecule has 1 unspecified atom stereocenters. The summed E-state index contributed by atoms with van der Waals surface area (Å²) in [6.07, 6.45) is 3.56. The third kappa shape index (κ3) is 6.24. The monoisotopic (exact) mass is 376 g/mol. The van der Waals surface area contributed by atoms with E-state index in [1.54, 1.807) is 0 Å². The van der Waals surface area contributed by atoms with Crippen molar-refractivity contribution >= 4 is 34.2 Å². The minimum atomic E-state index is 0. The van der Waals surface area contributed by atoms with E-state index in [4.69, 9.17) is 10.5 Å². The van der Waals surface area contributed by atoms with Crippen molar-refractivity contribution in [1.82, 2.24) is 5.32 Å². The number of halogens is 2. The van der Waals surface area contributed by atoms with Crippen LogP contribution in [0.2, 0.25) is 0 Å². The van der Waals surface area contributed by atoms with Crippen LogP contribution in [0.25, 0.3) is 0 Å². The molecule has 3 N–H and O–H groups in total. The van der Waals surface area contributed by atoms with Gasteiger partial charge in [0.15, 0.2) is 0 Å². The van der Waals surface area contributed by atoms with Gasteiger partial charge in [0.25, 0.3) is 0 Å². The highest BCUT2D eigenvalue weighted by Gasteiger charge is 2.30. The summed E-state index contributed by atoms with van der Waals surface area (Å²) in [5.41, 5.74) is 5.66. The fourth-order valence-electron chi connectivity index (χ4n) is 2.12. The fraction of sp³-hybridized carbons (Fsp3) is 0.533. The van der Waals surface area contributed by atoms with Crippen molar-refractivity contribution in [2.24, 2.45) is 11.7 Å². The van der Waals surface area contributed by atoms with Crippen molar-refractivity contribution in [2.75, 3.05) is 13.2 Å². The molecule has 2 rings (SSSR count). The molecule has 0 bridgehead atoms. The quantitative estimate of drug-likeness (QED) is 0.685. The predicted octanol–water partition coefficient (Wildman–Crippen LogP) is 2.88. The Morgan fingerprint density at radius 1 is 1.43 bits per heavy atom. The number of ether oxygens (including phenoxy) is 1. The maximum atomic E-state index is 11.8. The summed E-state index contributed by atoms with van der Waals surface area (Å²) >= 11 is 3.42. The van der Waals surface area contributed by atoms with E-state index >= 15 is 0 Å². The van der Waals surface area contributed by atoms with Gasteiger partial charge in [0, 0.05) is 19.0 Å². The number of benzene rings is 1. The molecule has 4 nitrogen and oxygen atoms in total. The molecule has 0 aromatic heterocycles. The topological polar surface area (TPSA) is 64.3 Å². The van der Waals surface area contributed by atoms with Gasteiger partial charge in [-0.3, -0.25) is 4.79 Å². The van der Waals surface area contributed by atoms with E-state index in [2.05, 4.69) is 21.2 Å². The van der Waals surface area contributed by atoms with Gasteiger partial charge in [0.2, 0.25) is 5.91 Å². The van der Waals surface area contributed by atoms with Crippen LogP contribution in [0.4, 0.5) is 0 Å². The van der Waals surface area contributed by atoms with Crippen molar-refractivity contribution in [3.05, 3.63) is 28.7 Å². The zero-order chi connectivity index (χ0) is 14.4. The number of rotatable bonds is 8. The van der Waals surface area contributed by atoms with Gasteiger partial charge in [-0.15, -0.1) is 12.4 Å². The molecule has 0 saturated heterocycles. The highest BCUT2D eigenvalue weighted by Crippen LogP contribution is 2.32. The van der Waals surface area contributed by atoms with E-state index < -0.39 is 0 Å². The molecule has 1 aromatic carbocycles. The zero-order valence-corrected chi connectivity index (χ0v) is 14.3. The van der Waals surface area contributed by atoms with Crippen LogP contribution in [-0.4, -0.2) is 25.1 Å². The van der Waals surface area contributed by atoms with E-state index in [0.29, 0.717) is 31.9 Å². The van der Waals surface area contributed by atoms with Crippen LogP contribution in [0.3, 0.4) is 0 Å². The van der Waals surface area contributed by atoms with E-state index in [1.165, 1.54) is 12.8 Å². The van der Waals surface area contributed by atoms with Crippen LogP contribution in [-0.2, 0) is 4.79 Å². The van der Waals surface area contributed by atoms with Crippen molar-refractivity contribution < 1.29 is 9.53 Å². The summed E-state index contributed by atoms with van der Waals surface area (Å²) < 4.78 is 6.56. The molecule has 1 aliphatic carbocycles. The first-order valence-corrected chi connectivity index (χ1v) is 7.86. The third-order valence-corrected chi connectivity index (χ3v) is 4.09. The van der Waals surface area contributed by atoms with Gasteiger partial charge in [-0.2, -0.15) is 0 Å². The zero-order valence-electron chi connectivity index (χ0n) is 11.9. The third-order valence-electron chi connectivity index (χ3n) is 3.43. The van der Waals surface area contributed by atoms with Crippen LogP contribution in [0, 0.1) is 5.92 Å². The Morgan fingerprint density at radius 3 is 2.76 bits per heavy atom. The number of para-hydroxylation sites is 1. The molecule has 1 amide bonds. The number of nitrogens with one attached hydrogen (secondary N) is 1. The number of carbonyl (C=O) groups excluding carboxylic acids is 1. The minimum absolute atomic E-state index is 0. The van der Waals surface area contributed by atoms with Gasteiger partial charge in [-0.1, -0.05) is 12.1 Å². The Balaban J connectivity index is 0.00000220. The Morgan fingerprint density at radius 2 is 2.14 bits per heavy atom. The molecule has 0 heterocycles. The van der Waals surface area contributed by atoms with Crippen LogP contribution < -0.4 is 15.8 Å². The molecule has 21 heavy (non-hydrogen) atoms. The molecule has 0 spiro atoms. The molecule has 1 atom stereocenters. The van der Waals surface area contributed by atoms with E-state index in [1.807, 2.05) is 24.3 Å². The predicted molar refractivity (Wildman–Crippen MR) is 89.8 cm³/mol. The second-order valence-corrected chi connectivity index (χ2v) is 5.98. The first-order valence-electron chi connectivity index (χ1n) is 7.07. The smallest absolute Gasteiger partial charge is 0.220 e. The SMILES string of the molecule is Cl.NCC(NC(=O)CCCOc1ccccc1Br)C1CC1. The maximum absolute atomic E-state index is 11.8. The van der Waals surface area contributed by atoms with Crippen molar-refractivity contribution in [3.8, 4) is 5.75 Å². The number of carbonyl (C=O) groups is 1. The minimum Gasteiger partial charge on any atom is -0.492 e. The Bertz CT molecular complexity index is 455. The van der Waals surface area contributed by atoms with Gasteiger partial charge >= 0.3 is 0 Å². The van der Waals surface area contributed by atoms with Gasteiger partial charge in [-0.05, 0) is 53.2 Å². The van der Waals surface area contributed by atoms with Crippen molar-refractivity contribution in [3.63, 3.8) is 0 Å². The average Bonchev–Trinajstić information content (AvgIpc) is 3.27. The van der Waals surface area contributed by atoms with Crippen molar-refractivity contribution in [1.29, 1.82) is 0 Å². The lowest BCUT2D eigenvalue weighted by Gasteiger charge is -2.16. The normalized spacial score (nSPS) is 15.0. The summed E-state index contributed by atoms with van der Waals surface area (Å²) in [6, 6.07) is 7.86. The molecule has 1 aliphatic rings. The number of amides is 1. The standard InChI is InChI=1S/C15H21BrN2O2.ClH/c16-12-4-1-2-5-14(12)20-9-3-6-15(19)18-13(10-17)11-7-8-11;/h1-2,4-5,11,13H,3,6-10,17H2,(H,18,19);1H. The molecule has 118 valence electrons. The lowest BCUT2D eigenvalue weighted by atomic mass is 10.2. The summed E-state index contributed by atoms with van der Waals surface area (Å²) in [5.74, 6) is 1.48. The highest BCUT2D eigenvalue weighted by molar-refractivity contribution is 9.10. The van der Waals surface area contributed by atoms with Crippen LogP contribution in [0.15, 0.2) is 28.7 Å². The number of hydrogen-bond donors (Lipinski definition) is 2. The Labute approximate surface area is 140 Å². The van der Waals surface area contributed by atoms with E-state index in [9.17, 15) is 4.79 Å². The fourth-order valence-corrected chi connectivity index (χ4v) is 2.52. The summed E-state index contributed by atoms with van der Waals surface area (Å²) in [7, 11) is 0. The first kappa shape index (κ1) is 18.3. The Kier molecular flexibility index (Phi) is 8.07. The molecule has 1 aromatic rings. The summed E-state index contributed by atoms with van der Waals surface area (Å²) in [6.45, 7) is 1.07. The Hall–Kier alpha value is -0.780. The van der Waals surface area contributed by atoms with Gasteiger partial charge in [0.1, 0.15) is 5.75 Å². The molecule has 1 fully saturated rings. The average molecular weight is 378 g/mol. The largest absolute Gasteiger partial charge is 0.492 e. The molecule has 0 aliphatic heterocycles. The van der Waals surface area contributed by atoms with Crippen LogP contribution in [0.5, 0.6) is 5.75 Å².